The highest BCUT2D eigenvalue weighted by Crippen LogP contribution is 2.16. The molecule has 1 heterocycles. The highest BCUT2D eigenvalue weighted by molar-refractivity contribution is 9.10. The van der Waals surface area contributed by atoms with Crippen molar-refractivity contribution in [2.75, 3.05) is 39.8 Å². The molecule has 1 saturated heterocycles. The topological polar surface area (TPSA) is 57.2 Å². The molecule has 0 radical (unpaired) electrons. The Bertz CT molecular complexity index is 604. The van der Waals surface area contributed by atoms with Crippen LogP contribution in [0.5, 0.6) is 0 Å². The zero-order chi connectivity index (χ0) is 17.5. The molecule has 1 N–H and O–H groups in total. The van der Waals surface area contributed by atoms with E-state index in [1.807, 2.05) is 6.07 Å². The van der Waals surface area contributed by atoms with Crippen molar-refractivity contribution in [2.24, 2.45) is 4.99 Å². The van der Waals surface area contributed by atoms with E-state index in [1.54, 1.807) is 24.9 Å². The van der Waals surface area contributed by atoms with Gasteiger partial charge in [-0.05, 0) is 40.5 Å². The minimum Gasteiger partial charge on any atom is -0.450 e. The lowest BCUT2D eigenvalue weighted by molar-refractivity contribution is 0.0914. The summed E-state index contributed by atoms with van der Waals surface area (Å²) in [6.45, 7) is 5.19. The summed E-state index contributed by atoms with van der Waals surface area (Å²) in [7, 11) is 1.71. The predicted octanol–water partition coefficient (Wildman–Crippen LogP) is 2.44. The summed E-state index contributed by atoms with van der Waals surface area (Å²) >= 11 is 3.14. The van der Waals surface area contributed by atoms with Crippen molar-refractivity contribution in [2.45, 2.75) is 13.5 Å². The number of rotatable bonds is 3. The Labute approximate surface area is 149 Å². The second-order valence-corrected chi connectivity index (χ2v) is 6.18. The first kappa shape index (κ1) is 18.5. The Kier molecular flexibility index (Phi) is 6.84. The van der Waals surface area contributed by atoms with Crippen LogP contribution >= 0.6 is 15.9 Å². The third-order valence-electron chi connectivity index (χ3n) is 3.75. The maximum Gasteiger partial charge on any atom is 0.409 e. The van der Waals surface area contributed by atoms with E-state index in [4.69, 9.17) is 4.74 Å². The maximum absolute atomic E-state index is 13.6. The van der Waals surface area contributed by atoms with Crippen LogP contribution in [0.2, 0.25) is 0 Å². The van der Waals surface area contributed by atoms with Crippen LogP contribution in [0, 0.1) is 5.82 Å². The van der Waals surface area contributed by atoms with Gasteiger partial charge < -0.3 is 19.9 Å². The molecule has 0 spiro atoms. The number of nitrogens with one attached hydrogen (secondary N) is 1. The van der Waals surface area contributed by atoms with E-state index in [2.05, 4.69) is 31.1 Å². The quantitative estimate of drug-likeness (QED) is 0.625. The molecule has 2 rings (SSSR count). The number of carbonyl (C=O) groups is 1. The molecule has 0 bridgehead atoms. The second-order valence-electron chi connectivity index (χ2n) is 5.32. The van der Waals surface area contributed by atoms with Crippen molar-refractivity contribution in [3.8, 4) is 0 Å². The molecule has 1 fully saturated rings. The van der Waals surface area contributed by atoms with E-state index in [0.29, 0.717) is 43.8 Å². The SMILES string of the molecule is CCOC(=O)N1CCN(C(=NC)NCc2ccc(Br)c(F)c2)CC1. The molecule has 0 aliphatic carbocycles. The fraction of sp³-hybridized carbons (Fsp3) is 0.500. The molecule has 0 atom stereocenters. The number of halogens is 2. The Balaban J connectivity index is 1.86. The zero-order valence-corrected chi connectivity index (χ0v) is 15.5. The molecule has 0 saturated carbocycles. The standard InChI is InChI=1S/C16H22BrFN4O2/c1-3-24-16(23)22-8-6-21(7-9-22)15(19-2)20-11-12-4-5-13(17)14(18)10-12/h4-5,10H,3,6-9,11H2,1-2H3,(H,19,20). The Morgan fingerprint density at radius 3 is 2.58 bits per heavy atom. The first-order valence-electron chi connectivity index (χ1n) is 7.86. The normalized spacial score (nSPS) is 15.4. The summed E-state index contributed by atoms with van der Waals surface area (Å²) in [6.07, 6.45) is -0.273. The van der Waals surface area contributed by atoms with Crippen LogP contribution < -0.4 is 5.32 Å². The van der Waals surface area contributed by atoms with Gasteiger partial charge in [-0.15, -0.1) is 0 Å². The van der Waals surface area contributed by atoms with Gasteiger partial charge in [0.1, 0.15) is 5.82 Å². The third kappa shape index (κ3) is 4.83. The van der Waals surface area contributed by atoms with Crippen LogP contribution in [0.4, 0.5) is 9.18 Å². The van der Waals surface area contributed by atoms with E-state index in [1.165, 1.54) is 6.07 Å². The number of carbonyl (C=O) groups excluding carboxylic acids is 1. The number of piperazine rings is 1. The number of ether oxygens (including phenoxy) is 1. The van der Waals surface area contributed by atoms with Crippen molar-refractivity contribution < 1.29 is 13.9 Å². The fourth-order valence-corrected chi connectivity index (χ4v) is 2.73. The van der Waals surface area contributed by atoms with Gasteiger partial charge in [-0.3, -0.25) is 4.99 Å². The van der Waals surface area contributed by atoms with Crippen molar-refractivity contribution in [3.05, 3.63) is 34.1 Å². The molecule has 132 valence electrons. The fourth-order valence-electron chi connectivity index (χ4n) is 2.48. The minimum absolute atomic E-state index is 0.273. The number of aliphatic imine (C=N–C) groups is 1. The molecule has 1 aromatic carbocycles. The summed E-state index contributed by atoms with van der Waals surface area (Å²) in [6, 6.07) is 5.03. The van der Waals surface area contributed by atoms with Crippen LogP contribution in [-0.2, 0) is 11.3 Å². The van der Waals surface area contributed by atoms with Crippen LogP contribution in [0.3, 0.4) is 0 Å². The maximum atomic E-state index is 13.6. The molecule has 8 heteroatoms. The average molecular weight is 401 g/mol. The van der Waals surface area contributed by atoms with Gasteiger partial charge in [0.25, 0.3) is 0 Å². The van der Waals surface area contributed by atoms with E-state index in [0.717, 1.165) is 11.5 Å². The first-order valence-corrected chi connectivity index (χ1v) is 8.65. The number of hydrogen-bond acceptors (Lipinski definition) is 3. The van der Waals surface area contributed by atoms with E-state index < -0.39 is 0 Å². The molecular formula is C16H22BrFN4O2. The van der Waals surface area contributed by atoms with E-state index in [9.17, 15) is 9.18 Å². The van der Waals surface area contributed by atoms with Gasteiger partial charge in [0.2, 0.25) is 0 Å². The molecule has 0 aromatic heterocycles. The summed E-state index contributed by atoms with van der Waals surface area (Å²) in [4.78, 5) is 19.7. The van der Waals surface area contributed by atoms with E-state index >= 15 is 0 Å². The molecule has 0 unspecified atom stereocenters. The zero-order valence-electron chi connectivity index (χ0n) is 13.9. The van der Waals surface area contributed by atoms with E-state index in [-0.39, 0.29) is 11.9 Å². The van der Waals surface area contributed by atoms with Crippen molar-refractivity contribution >= 4 is 28.0 Å². The highest BCUT2D eigenvalue weighted by atomic mass is 79.9. The predicted molar refractivity (Wildman–Crippen MR) is 94.5 cm³/mol. The van der Waals surface area contributed by atoms with Crippen molar-refractivity contribution in [3.63, 3.8) is 0 Å². The molecule has 1 aliphatic rings. The average Bonchev–Trinajstić information content (AvgIpc) is 2.59. The summed E-state index contributed by atoms with van der Waals surface area (Å²) in [5.41, 5.74) is 0.835. The first-order chi connectivity index (χ1) is 11.5. The molecular weight excluding hydrogens is 379 g/mol. The summed E-state index contributed by atoms with van der Waals surface area (Å²) in [5.74, 6) is 0.453. The smallest absolute Gasteiger partial charge is 0.409 e. The number of benzene rings is 1. The van der Waals surface area contributed by atoms with Gasteiger partial charge in [0.05, 0.1) is 11.1 Å². The largest absolute Gasteiger partial charge is 0.450 e. The van der Waals surface area contributed by atoms with Crippen molar-refractivity contribution in [1.82, 2.24) is 15.1 Å². The van der Waals surface area contributed by atoms with Gasteiger partial charge >= 0.3 is 6.09 Å². The van der Waals surface area contributed by atoms with Crippen LogP contribution in [-0.4, -0.2) is 61.7 Å². The lowest BCUT2D eigenvalue weighted by atomic mass is 10.2. The summed E-state index contributed by atoms with van der Waals surface area (Å²) < 4.78 is 19.0. The molecule has 1 aromatic rings. The number of amides is 1. The third-order valence-corrected chi connectivity index (χ3v) is 4.39. The Hall–Kier alpha value is -1.83. The molecule has 1 aliphatic heterocycles. The van der Waals surface area contributed by atoms with Crippen molar-refractivity contribution in [1.29, 1.82) is 0 Å². The lowest BCUT2D eigenvalue weighted by Crippen LogP contribution is -2.53. The molecule has 6 nitrogen and oxygen atoms in total. The van der Waals surface area contributed by atoms with Gasteiger partial charge in [0.15, 0.2) is 5.96 Å². The monoisotopic (exact) mass is 400 g/mol. The summed E-state index contributed by atoms with van der Waals surface area (Å²) in [5, 5.41) is 3.23. The number of hydrogen-bond donors (Lipinski definition) is 1. The van der Waals surface area contributed by atoms with Crippen LogP contribution in [0.1, 0.15) is 12.5 Å². The van der Waals surface area contributed by atoms with Gasteiger partial charge in [0, 0.05) is 39.8 Å². The molecule has 24 heavy (non-hydrogen) atoms. The van der Waals surface area contributed by atoms with Gasteiger partial charge in [-0.2, -0.15) is 0 Å². The Morgan fingerprint density at radius 2 is 2.00 bits per heavy atom. The van der Waals surface area contributed by atoms with Crippen LogP contribution in [0.25, 0.3) is 0 Å². The second kappa shape index (κ2) is 8.86. The van der Waals surface area contributed by atoms with Crippen LogP contribution in [0.15, 0.2) is 27.7 Å². The number of nitrogens with zero attached hydrogens (tertiary/aromatic N) is 3. The van der Waals surface area contributed by atoms with Gasteiger partial charge in [-0.1, -0.05) is 6.07 Å². The number of guanidine groups is 1. The Morgan fingerprint density at radius 1 is 1.33 bits per heavy atom. The minimum atomic E-state index is -0.285. The highest BCUT2D eigenvalue weighted by Gasteiger charge is 2.23. The molecule has 1 amide bonds. The lowest BCUT2D eigenvalue weighted by Gasteiger charge is -2.35. The van der Waals surface area contributed by atoms with Gasteiger partial charge in [-0.25, -0.2) is 9.18 Å².